The van der Waals surface area contributed by atoms with Crippen molar-refractivity contribution in [3.63, 3.8) is 0 Å². The summed E-state index contributed by atoms with van der Waals surface area (Å²) in [5, 5.41) is 0.892. The molecule has 3 rings (SSSR count). The summed E-state index contributed by atoms with van der Waals surface area (Å²) in [5.74, 6) is -0.654. The first kappa shape index (κ1) is 14.7. The number of amides is 1. The molecule has 0 aliphatic rings. The predicted molar refractivity (Wildman–Crippen MR) is 83.9 cm³/mol. The number of hydrogen-bond acceptors (Lipinski definition) is 4. The van der Waals surface area contributed by atoms with Crippen molar-refractivity contribution in [1.82, 2.24) is 4.98 Å². The summed E-state index contributed by atoms with van der Waals surface area (Å²) in [4.78, 5) is 15.8. The number of nitrogens with two attached hydrogens (primary N) is 1. The summed E-state index contributed by atoms with van der Waals surface area (Å²) in [7, 11) is 0. The molecule has 0 unspecified atom stereocenters. The molecule has 0 fully saturated rings. The van der Waals surface area contributed by atoms with Gasteiger partial charge in [-0.1, -0.05) is 11.6 Å². The van der Waals surface area contributed by atoms with E-state index in [1.54, 1.807) is 24.5 Å². The van der Waals surface area contributed by atoms with E-state index in [1.165, 1.54) is 23.5 Å². The molecular formula is C15H10ClFN2O2S. The van der Waals surface area contributed by atoms with Gasteiger partial charge in [-0.3, -0.25) is 9.78 Å². The Bertz CT molecular complexity index is 866. The number of carbonyl (C=O) groups is 1. The molecule has 3 aromatic rings. The van der Waals surface area contributed by atoms with Gasteiger partial charge in [-0.25, -0.2) is 4.39 Å². The van der Waals surface area contributed by atoms with Crippen LogP contribution in [-0.2, 0) is 6.61 Å². The van der Waals surface area contributed by atoms with Crippen LogP contribution in [0.3, 0.4) is 0 Å². The van der Waals surface area contributed by atoms with Gasteiger partial charge in [-0.15, -0.1) is 11.3 Å². The van der Waals surface area contributed by atoms with Crippen LogP contribution in [0, 0.1) is 5.82 Å². The fourth-order valence-corrected chi connectivity index (χ4v) is 3.03. The van der Waals surface area contributed by atoms with Gasteiger partial charge in [0.05, 0.1) is 14.6 Å². The number of benzene rings is 1. The van der Waals surface area contributed by atoms with Crippen LogP contribution in [0.25, 0.3) is 10.1 Å². The second-order valence-electron chi connectivity index (χ2n) is 4.55. The maximum Gasteiger partial charge on any atom is 0.258 e. The van der Waals surface area contributed by atoms with Gasteiger partial charge in [0.2, 0.25) is 0 Å². The van der Waals surface area contributed by atoms with Crippen LogP contribution in [-0.4, -0.2) is 10.9 Å². The molecule has 2 heterocycles. The molecule has 0 saturated carbocycles. The van der Waals surface area contributed by atoms with E-state index in [9.17, 15) is 9.18 Å². The average Bonchev–Trinajstić information content (AvgIpc) is 2.93. The lowest BCUT2D eigenvalue weighted by molar-refractivity contribution is 0.100. The number of rotatable bonds is 4. The van der Waals surface area contributed by atoms with E-state index < -0.39 is 11.7 Å². The SMILES string of the molecule is NC(=O)c1cc2c(COc3ccc(Cl)c(F)c3)cncc2s1. The molecule has 0 bridgehead atoms. The van der Waals surface area contributed by atoms with E-state index >= 15 is 0 Å². The summed E-state index contributed by atoms with van der Waals surface area (Å²) in [6.45, 7) is 0.195. The molecule has 7 heteroatoms. The number of aromatic nitrogens is 1. The summed E-state index contributed by atoms with van der Waals surface area (Å²) in [5.41, 5.74) is 6.08. The van der Waals surface area contributed by atoms with Gasteiger partial charge < -0.3 is 10.5 Å². The Kier molecular flexibility index (Phi) is 3.96. The van der Waals surface area contributed by atoms with Crippen molar-refractivity contribution in [3.05, 3.63) is 57.9 Å². The number of thiophene rings is 1. The maximum atomic E-state index is 13.4. The number of primary amides is 1. The molecule has 1 aromatic carbocycles. The first-order valence-electron chi connectivity index (χ1n) is 6.28. The minimum Gasteiger partial charge on any atom is -0.489 e. The number of ether oxygens (including phenoxy) is 1. The molecule has 22 heavy (non-hydrogen) atoms. The van der Waals surface area contributed by atoms with Crippen LogP contribution in [0.2, 0.25) is 5.02 Å². The van der Waals surface area contributed by atoms with Crippen LogP contribution in [0.15, 0.2) is 36.7 Å². The molecule has 2 aromatic heterocycles. The second kappa shape index (κ2) is 5.90. The van der Waals surface area contributed by atoms with Crippen molar-refractivity contribution in [2.24, 2.45) is 5.73 Å². The molecule has 1 amide bonds. The summed E-state index contributed by atoms with van der Waals surface area (Å²) >= 11 is 6.90. The van der Waals surface area contributed by atoms with Gasteiger partial charge >= 0.3 is 0 Å². The molecule has 0 atom stereocenters. The number of nitrogens with zero attached hydrogens (tertiary/aromatic N) is 1. The smallest absolute Gasteiger partial charge is 0.258 e. The molecule has 112 valence electrons. The van der Waals surface area contributed by atoms with Crippen LogP contribution in [0.5, 0.6) is 5.75 Å². The molecule has 0 radical (unpaired) electrons. The van der Waals surface area contributed by atoms with E-state index in [-0.39, 0.29) is 11.6 Å². The van der Waals surface area contributed by atoms with E-state index in [2.05, 4.69) is 4.98 Å². The monoisotopic (exact) mass is 336 g/mol. The third-order valence-electron chi connectivity index (χ3n) is 3.06. The molecule has 2 N–H and O–H groups in total. The first-order valence-corrected chi connectivity index (χ1v) is 7.48. The van der Waals surface area contributed by atoms with Crippen LogP contribution < -0.4 is 10.5 Å². The van der Waals surface area contributed by atoms with Crippen molar-refractivity contribution in [2.45, 2.75) is 6.61 Å². The number of pyridine rings is 1. The molecule has 0 aliphatic carbocycles. The summed E-state index contributed by atoms with van der Waals surface area (Å²) < 4.78 is 19.8. The van der Waals surface area contributed by atoms with Crippen molar-refractivity contribution in [3.8, 4) is 5.75 Å². The van der Waals surface area contributed by atoms with Crippen molar-refractivity contribution >= 4 is 38.9 Å². The highest BCUT2D eigenvalue weighted by Gasteiger charge is 2.11. The predicted octanol–water partition coefficient (Wildman–Crippen LogP) is 3.77. The average molecular weight is 337 g/mol. The van der Waals surface area contributed by atoms with Gasteiger partial charge in [0.15, 0.2) is 0 Å². The molecule has 0 spiro atoms. The minimum atomic E-state index is -0.540. The van der Waals surface area contributed by atoms with Crippen molar-refractivity contribution < 1.29 is 13.9 Å². The molecule has 0 saturated heterocycles. The lowest BCUT2D eigenvalue weighted by Gasteiger charge is -2.07. The van der Waals surface area contributed by atoms with Gasteiger partial charge in [-0.05, 0) is 18.2 Å². The van der Waals surface area contributed by atoms with E-state index in [1.807, 2.05) is 0 Å². The first-order chi connectivity index (χ1) is 10.5. The third-order valence-corrected chi connectivity index (χ3v) is 4.45. The number of carbonyl (C=O) groups excluding carboxylic acids is 1. The van der Waals surface area contributed by atoms with Gasteiger partial charge in [0.25, 0.3) is 5.91 Å². The second-order valence-corrected chi connectivity index (χ2v) is 6.04. The Morgan fingerprint density at radius 1 is 1.36 bits per heavy atom. The Labute approximate surface area is 134 Å². The van der Waals surface area contributed by atoms with Gasteiger partial charge in [0, 0.05) is 29.4 Å². The quantitative estimate of drug-likeness (QED) is 0.788. The van der Waals surface area contributed by atoms with Crippen molar-refractivity contribution in [2.75, 3.05) is 0 Å². The highest BCUT2D eigenvalue weighted by Crippen LogP contribution is 2.28. The van der Waals surface area contributed by atoms with Crippen molar-refractivity contribution in [1.29, 1.82) is 0 Å². The summed E-state index contributed by atoms with van der Waals surface area (Å²) in [6, 6.07) is 5.95. The molecule has 4 nitrogen and oxygen atoms in total. The minimum absolute atomic E-state index is 0.0417. The van der Waals surface area contributed by atoms with Crippen LogP contribution in [0.4, 0.5) is 4.39 Å². The zero-order valence-electron chi connectivity index (χ0n) is 11.2. The topological polar surface area (TPSA) is 65.2 Å². The number of halogens is 2. The fourth-order valence-electron chi connectivity index (χ4n) is 1.98. The highest BCUT2D eigenvalue weighted by atomic mass is 35.5. The Balaban J connectivity index is 1.87. The fraction of sp³-hybridized carbons (Fsp3) is 0.0667. The molecule has 0 aliphatic heterocycles. The van der Waals surface area contributed by atoms with E-state index in [4.69, 9.17) is 22.1 Å². The highest BCUT2D eigenvalue weighted by molar-refractivity contribution is 7.20. The maximum absolute atomic E-state index is 13.4. The van der Waals surface area contributed by atoms with Gasteiger partial charge in [0.1, 0.15) is 18.2 Å². The zero-order chi connectivity index (χ0) is 15.7. The Morgan fingerprint density at radius 3 is 2.91 bits per heavy atom. The number of hydrogen-bond donors (Lipinski definition) is 1. The summed E-state index contributed by atoms with van der Waals surface area (Å²) in [6.07, 6.45) is 3.31. The largest absolute Gasteiger partial charge is 0.489 e. The van der Waals surface area contributed by atoms with E-state index in [0.29, 0.717) is 10.6 Å². The zero-order valence-corrected chi connectivity index (χ0v) is 12.7. The Morgan fingerprint density at radius 2 is 2.18 bits per heavy atom. The lowest BCUT2D eigenvalue weighted by atomic mass is 10.2. The molecular weight excluding hydrogens is 327 g/mol. The lowest BCUT2D eigenvalue weighted by Crippen LogP contribution is -2.08. The normalized spacial score (nSPS) is 10.8. The Hall–Kier alpha value is -2.18. The number of fused-ring (bicyclic) bond motifs is 1. The van der Waals surface area contributed by atoms with E-state index in [0.717, 1.165) is 15.6 Å². The van der Waals surface area contributed by atoms with Gasteiger partial charge in [-0.2, -0.15) is 0 Å². The standard InChI is InChI=1S/C15H10ClFN2O2S/c16-11-2-1-9(3-12(11)17)21-7-8-5-19-6-14-10(8)4-13(22-14)15(18)20/h1-6H,7H2,(H2,18,20). The third kappa shape index (κ3) is 2.88. The van der Waals surface area contributed by atoms with Crippen LogP contribution >= 0.6 is 22.9 Å². The van der Waals surface area contributed by atoms with Crippen LogP contribution in [0.1, 0.15) is 15.2 Å².